The van der Waals surface area contributed by atoms with Gasteiger partial charge >= 0.3 is 0 Å². The molecule has 0 aromatic carbocycles. The van der Waals surface area contributed by atoms with E-state index in [0.717, 1.165) is 0 Å². The molecule has 0 fully saturated rings. The molecule has 0 atom stereocenters. The van der Waals surface area contributed by atoms with Crippen molar-refractivity contribution in [1.29, 1.82) is 0 Å². The molecule has 0 bridgehead atoms. The second kappa shape index (κ2) is 3.52. The number of hydrogen-bond acceptors (Lipinski definition) is 4. The molecule has 0 saturated heterocycles. The minimum Gasteiger partial charge on any atom is -0.286 e. The van der Waals surface area contributed by atoms with Crippen LogP contribution in [0.2, 0.25) is 0 Å². The standard InChI is InChI=1S/C5H12O6S2/c1-5(2,3-12(6,7)8)4-13(9,10)11/h3-4H2,1-2H3,(H,6,7,8)(H,9,10,11). The van der Waals surface area contributed by atoms with Crippen LogP contribution >= 0.6 is 0 Å². The quantitative estimate of drug-likeness (QED) is 0.649. The summed E-state index contributed by atoms with van der Waals surface area (Å²) in [5.74, 6) is -1.42. The van der Waals surface area contributed by atoms with E-state index in [2.05, 4.69) is 0 Å². The molecule has 0 aliphatic rings. The molecule has 0 aromatic rings. The Kier molecular flexibility index (Phi) is 3.47. The molecule has 0 amide bonds. The van der Waals surface area contributed by atoms with Crippen LogP contribution in [0.4, 0.5) is 0 Å². The summed E-state index contributed by atoms with van der Waals surface area (Å²) in [6, 6.07) is 0. The van der Waals surface area contributed by atoms with Crippen molar-refractivity contribution < 1.29 is 25.9 Å². The van der Waals surface area contributed by atoms with Gasteiger partial charge in [-0.2, -0.15) is 16.8 Å². The van der Waals surface area contributed by atoms with Gasteiger partial charge in [0.1, 0.15) is 0 Å². The second-order valence-corrected chi connectivity index (χ2v) is 6.52. The van der Waals surface area contributed by atoms with Crippen LogP contribution in [0.5, 0.6) is 0 Å². The molecule has 2 N–H and O–H groups in total. The third-order valence-electron chi connectivity index (χ3n) is 1.15. The van der Waals surface area contributed by atoms with E-state index in [-0.39, 0.29) is 0 Å². The zero-order valence-electron chi connectivity index (χ0n) is 7.26. The van der Waals surface area contributed by atoms with E-state index < -0.39 is 37.2 Å². The molecule has 0 saturated carbocycles. The Morgan fingerprint density at radius 2 is 1.15 bits per heavy atom. The first-order valence-corrected chi connectivity index (χ1v) is 6.53. The minimum absolute atomic E-state index is 0.709. The molecule has 0 rings (SSSR count). The van der Waals surface area contributed by atoms with E-state index in [1.165, 1.54) is 13.8 Å². The molecule has 13 heavy (non-hydrogen) atoms. The molecule has 0 heterocycles. The maximum absolute atomic E-state index is 10.4. The average Bonchev–Trinajstić information content (AvgIpc) is 1.43. The van der Waals surface area contributed by atoms with Crippen molar-refractivity contribution in [3.63, 3.8) is 0 Å². The van der Waals surface area contributed by atoms with Crippen molar-refractivity contribution in [3.8, 4) is 0 Å². The molecule has 0 aliphatic carbocycles. The first kappa shape index (κ1) is 12.8. The summed E-state index contributed by atoms with van der Waals surface area (Å²) < 4.78 is 58.5. The molecule has 0 spiro atoms. The van der Waals surface area contributed by atoms with Gasteiger partial charge < -0.3 is 0 Å². The van der Waals surface area contributed by atoms with Crippen molar-refractivity contribution in [2.45, 2.75) is 13.8 Å². The Hall–Kier alpha value is -0.180. The normalized spacial score (nSPS) is 14.5. The third kappa shape index (κ3) is 8.16. The van der Waals surface area contributed by atoms with Crippen LogP contribution in [-0.4, -0.2) is 37.4 Å². The average molecular weight is 232 g/mol. The van der Waals surface area contributed by atoms with Gasteiger partial charge in [-0.05, 0) is 5.41 Å². The van der Waals surface area contributed by atoms with Gasteiger partial charge in [0.25, 0.3) is 20.2 Å². The SMILES string of the molecule is CC(C)(CS(=O)(=O)O)CS(=O)(=O)O. The van der Waals surface area contributed by atoms with Gasteiger partial charge in [0.05, 0.1) is 11.5 Å². The summed E-state index contributed by atoms with van der Waals surface area (Å²) in [5.41, 5.74) is -1.21. The zero-order valence-corrected chi connectivity index (χ0v) is 8.89. The largest absolute Gasteiger partial charge is 0.286 e. The summed E-state index contributed by atoms with van der Waals surface area (Å²) in [5, 5.41) is 0. The van der Waals surface area contributed by atoms with E-state index in [4.69, 9.17) is 9.11 Å². The van der Waals surface area contributed by atoms with Crippen LogP contribution in [0.15, 0.2) is 0 Å². The van der Waals surface area contributed by atoms with Crippen LogP contribution < -0.4 is 0 Å². The summed E-state index contributed by atoms with van der Waals surface area (Å²) in [7, 11) is -8.46. The topological polar surface area (TPSA) is 109 Å². The first-order chi connectivity index (χ1) is 5.41. The molecular formula is C5H12O6S2. The van der Waals surface area contributed by atoms with Crippen molar-refractivity contribution >= 4 is 20.2 Å². The van der Waals surface area contributed by atoms with Gasteiger partial charge in [0.2, 0.25) is 0 Å². The Morgan fingerprint density at radius 3 is 1.31 bits per heavy atom. The van der Waals surface area contributed by atoms with E-state index in [1.54, 1.807) is 0 Å². The van der Waals surface area contributed by atoms with E-state index in [1.807, 2.05) is 0 Å². The highest BCUT2D eigenvalue weighted by molar-refractivity contribution is 7.86. The minimum atomic E-state index is -4.23. The zero-order chi connectivity index (χ0) is 10.9. The van der Waals surface area contributed by atoms with E-state index in [0.29, 0.717) is 0 Å². The van der Waals surface area contributed by atoms with Gasteiger partial charge in [-0.3, -0.25) is 9.11 Å². The predicted molar refractivity (Wildman–Crippen MR) is 46.6 cm³/mol. The van der Waals surface area contributed by atoms with Crippen LogP contribution in [-0.2, 0) is 20.2 Å². The lowest BCUT2D eigenvalue weighted by molar-refractivity contribution is 0.403. The predicted octanol–water partition coefficient (Wildman–Crippen LogP) is -0.212. The third-order valence-corrected chi connectivity index (χ3v) is 3.44. The van der Waals surface area contributed by atoms with Crippen molar-refractivity contribution in [2.24, 2.45) is 5.41 Å². The Morgan fingerprint density at radius 1 is 0.923 bits per heavy atom. The highest BCUT2D eigenvalue weighted by atomic mass is 32.2. The summed E-state index contributed by atoms with van der Waals surface area (Å²) in [6.07, 6.45) is 0. The van der Waals surface area contributed by atoms with Crippen LogP contribution in [0.1, 0.15) is 13.8 Å². The van der Waals surface area contributed by atoms with Crippen molar-refractivity contribution in [2.75, 3.05) is 11.5 Å². The fraction of sp³-hybridized carbons (Fsp3) is 1.00. The lowest BCUT2D eigenvalue weighted by Gasteiger charge is -2.20. The molecule has 0 aliphatic heterocycles. The van der Waals surface area contributed by atoms with Gasteiger partial charge in [0.15, 0.2) is 0 Å². The molecule has 0 aromatic heterocycles. The maximum atomic E-state index is 10.4. The molecule has 80 valence electrons. The fourth-order valence-corrected chi connectivity index (χ4v) is 3.34. The molecule has 0 radical (unpaired) electrons. The van der Waals surface area contributed by atoms with Crippen molar-refractivity contribution in [1.82, 2.24) is 0 Å². The van der Waals surface area contributed by atoms with Crippen LogP contribution in [0, 0.1) is 5.41 Å². The lowest BCUT2D eigenvalue weighted by Crippen LogP contribution is -2.31. The Balaban J connectivity index is 4.62. The van der Waals surface area contributed by atoms with E-state index in [9.17, 15) is 16.8 Å². The van der Waals surface area contributed by atoms with Gasteiger partial charge in [0, 0.05) is 0 Å². The highest BCUT2D eigenvalue weighted by Crippen LogP contribution is 2.19. The van der Waals surface area contributed by atoms with Crippen LogP contribution in [0.3, 0.4) is 0 Å². The summed E-state index contributed by atoms with van der Waals surface area (Å²) >= 11 is 0. The maximum Gasteiger partial charge on any atom is 0.265 e. The fourth-order valence-electron chi connectivity index (χ4n) is 1.03. The number of hydrogen-bond donors (Lipinski definition) is 2. The van der Waals surface area contributed by atoms with Gasteiger partial charge in [-0.25, -0.2) is 0 Å². The molecule has 8 heteroatoms. The van der Waals surface area contributed by atoms with Crippen LogP contribution in [0.25, 0.3) is 0 Å². The Labute approximate surface area is 77.5 Å². The number of rotatable bonds is 4. The second-order valence-electron chi connectivity index (χ2n) is 3.62. The van der Waals surface area contributed by atoms with Gasteiger partial charge in [-0.15, -0.1) is 0 Å². The summed E-state index contributed by atoms with van der Waals surface area (Å²) in [6.45, 7) is 2.63. The molecule has 6 nitrogen and oxygen atoms in total. The van der Waals surface area contributed by atoms with Gasteiger partial charge in [-0.1, -0.05) is 13.8 Å². The molecule has 0 unspecified atom stereocenters. The van der Waals surface area contributed by atoms with E-state index >= 15 is 0 Å². The Bertz CT molecular complexity index is 326. The first-order valence-electron chi connectivity index (χ1n) is 3.32. The summed E-state index contributed by atoms with van der Waals surface area (Å²) in [4.78, 5) is 0. The molecular weight excluding hydrogens is 220 g/mol. The smallest absolute Gasteiger partial charge is 0.265 e. The highest BCUT2D eigenvalue weighted by Gasteiger charge is 2.29. The lowest BCUT2D eigenvalue weighted by atomic mass is 10.0. The van der Waals surface area contributed by atoms with Crippen molar-refractivity contribution in [3.05, 3.63) is 0 Å². The monoisotopic (exact) mass is 232 g/mol.